The zero-order valence-corrected chi connectivity index (χ0v) is 38.7. The van der Waals surface area contributed by atoms with Crippen LogP contribution in [0.5, 0.6) is 0 Å². The Hall–Kier alpha value is -1.69. The SMILES string of the molecule is CCCCCCCCC/C=C/CC/C=C/CC/C=C/C(O)C(CO)NC(=O)CC(O)CCCCCCCCCCCC/C=C\CCCCCCCCCCCCCC. The Balaban J connectivity index is 3.64. The Morgan fingerprint density at radius 3 is 1.10 bits per heavy atom. The van der Waals surface area contributed by atoms with Gasteiger partial charge in [0, 0.05) is 0 Å². The molecule has 0 spiro atoms. The van der Waals surface area contributed by atoms with Crippen LogP contribution in [0.2, 0.25) is 0 Å². The summed E-state index contributed by atoms with van der Waals surface area (Å²) in [4.78, 5) is 12.5. The molecule has 3 unspecified atom stereocenters. The Labute approximate surface area is 361 Å². The van der Waals surface area contributed by atoms with Crippen LogP contribution in [-0.4, -0.2) is 46.1 Å². The monoisotopic (exact) mass is 814 g/mol. The predicted octanol–water partition coefficient (Wildman–Crippen LogP) is 15.3. The fourth-order valence-electron chi connectivity index (χ4n) is 7.66. The third-order valence-electron chi connectivity index (χ3n) is 11.6. The van der Waals surface area contributed by atoms with Gasteiger partial charge in [-0.2, -0.15) is 0 Å². The van der Waals surface area contributed by atoms with E-state index in [0.717, 1.165) is 38.5 Å². The van der Waals surface area contributed by atoms with Crippen molar-refractivity contribution in [3.8, 4) is 0 Å². The summed E-state index contributed by atoms with van der Waals surface area (Å²) in [6.07, 6.45) is 62.8. The van der Waals surface area contributed by atoms with Crippen LogP contribution < -0.4 is 5.32 Å². The Kier molecular flexibility index (Phi) is 46.6. The van der Waals surface area contributed by atoms with Gasteiger partial charge in [0.05, 0.1) is 31.3 Å². The zero-order valence-electron chi connectivity index (χ0n) is 38.7. The number of rotatable bonds is 46. The maximum absolute atomic E-state index is 12.5. The molecule has 0 radical (unpaired) electrons. The molecule has 1 amide bonds. The van der Waals surface area contributed by atoms with Crippen LogP contribution in [-0.2, 0) is 4.79 Å². The maximum Gasteiger partial charge on any atom is 0.222 e. The second-order valence-corrected chi connectivity index (χ2v) is 17.4. The fraction of sp³-hybridized carbons (Fsp3) is 0.830. The number of allylic oxidation sites excluding steroid dienone is 7. The van der Waals surface area contributed by atoms with Gasteiger partial charge in [-0.25, -0.2) is 0 Å². The van der Waals surface area contributed by atoms with Crippen molar-refractivity contribution >= 4 is 5.91 Å². The first-order valence-corrected chi connectivity index (χ1v) is 25.4. The lowest BCUT2D eigenvalue weighted by Crippen LogP contribution is -2.45. The minimum atomic E-state index is -0.961. The molecule has 0 saturated heterocycles. The average Bonchev–Trinajstić information content (AvgIpc) is 3.22. The van der Waals surface area contributed by atoms with E-state index in [1.807, 2.05) is 6.08 Å². The number of aliphatic hydroxyl groups is 3. The molecule has 58 heavy (non-hydrogen) atoms. The molecule has 0 bridgehead atoms. The predicted molar refractivity (Wildman–Crippen MR) is 254 cm³/mol. The van der Waals surface area contributed by atoms with E-state index in [0.29, 0.717) is 6.42 Å². The van der Waals surface area contributed by atoms with E-state index < -0.39 is 18.2 Å². The molecular weight excluding hydrogens is 715 g/mol. The van der Waals surface area contributed by atoms with Crippen LogP contribution in [0.3, 0.4) is 0 Å². The third kappa shape index (κ3) is 43.9. The lowest BCUT2D eigenvalue weighted by atomic mass is 10.0. The van der Waals surface area contributed by atoms with Crippen LogP contribution >= 0.6 is 0 Å². The van der Waals surface area contributed by atoms with Gasteiger partial charge in [-0.1, -0.05) is 229 Å². The molecule has 0 heterocycles. The second kappa shape index (κ2) is 48.0. The summed E-state index contributed by atoms with van der Waals surface area (Å²) in [6.45, 7) is 4.20. The quantitative estimate of drug-likeness (QED) is 0.0364. The number of carbonyl (C=O) groups excluding carboxylic acids is 1. The molecule has 0 aliphatic carbocycles. The molecule has 0 rings (SSSR count). The molecule has 0 aromatic carbocycles. The first-order valence-electron chi connectivity index (χ1n) is 25.4. The Morgan fingerprint density at radius 2 is 0.741 bits per heavy atom. The zero-order chi connectivity index (χ0) is 42.3. The number of nitrogens with one attached hydrogen (secondary N) is 1. The lowest BCUT2D eigenvalue weighted by Gasteiger charge is -2.21. The van der Waals surface area contributed by atoms with Crippen LogP contribution in [0.25, 0.3) is 0 Å². The van der Waals surface area contributed by atoms with Crippen LogP contribution in [0.4, 0.5) is 0 Å². The molecule has 0 aliphatic heterocycles. The summed E-state index contributed by atoms with van der Waals surface area (Å²) in [5.41, 5.74) is 0. The van der Waals surface area contributed by atoms with E-state index in [1.54, 1.807) is 6.08 Å². The second-order valence-electron chi connectivity index (χ2n) is 17.4. The minimum absolute atomic E-state index is 0.00126. The van der Waals surface area contributed by atoms with Crippen LogP contribution in [0.15, 0.2) is 48.6 Å². The molecule has 0 aromatic heterocycles. The molecule has 4 N–H and O–H groups in total. The van der Waals surface area contributed by atoms with Gasteiger partial charge in [0.1, 0.15) is 0 Å². The van der Waals surface area contributed by atoms with Crippen molar-refractivity contribution in [1.29, 1.82) is 0 Å². The van der Waals surface area contributed by atoms with E-state index >= 15 is 0 Å². The van der Waals surface area contributed by atoms with Crippen molar-refractivity contribution in [2.75, 3.05) is 6.61 Å². The van der Waals surface area contributed by atoms with Gasteiger partial charge in [0.25, 0.3) is 0 Å². The molecule has 0 aromatic rings. The summed E-state index contributed by atoms with van der Waals surface area (Å²) in [6, 6.07) is -0.769. The molecule has 3 atom stereocenters. The van der Waals surface area contributed by atoms with Crippen LogP contribution in [0, 0.1) is 0 Å². The number of amides is 1. The number of hydrogen-bond donors (Lipinski definition) is 4. The van der Waals surface area contributed by atoms with E-state index in [1.165, 1.54) is 193 Å². The summed E-state index contributed by atoms with van der Waals surface area (Å²) >= 11 is 0. The number of hydrogen-bond acceptors (Lipinski definition) is 4. The van der Waals surface area contributed by atoms with E-state index in [4.69, 9.17) is 0 Å². The van der Waals surface area contributed by atoms with E-state index in [-0.39, 0.29) is 18.9 Å². The van der Waals surface area contributed by atoms with Crippen molar-refractivity contribution in [2.24, 2.45) is 0 Å². The van der Waals surface area contributed by atoms with E-state index in [9.17, 15) is 20.1 Å². The lowest BCUT2D eigenvalue weighted by molar-refractivity contribution is -0.124. The largest absolute Gasteiger partial charge is 0.394 e. The summed E-state index contributed by atoms with van der Waals surface area (Å²) in [7, 11) is 0. The molecule has 340 valence electrons. The highest BCUT2D eigenvalue weighted by atomic mass is 16.3. The molecule has 0 fully saturated rings. The topological polar surface area (TPSA) is 89.8 Å². The summed E-state index contributed by atoms with van der Waals surface area (Å²) in [5, 5.41) is 33.3. The van der Waals surface area contributed by atoms with Crippen LogP contribution in [0.1, 0.15) is 258 Å². The maximum atomic E-state index is 12.5. The van der Waals surface area contributed by atoms with Gasteiger partial charge < -0.3 is 20.6 Å². The fourth-order valence-corrected chi connectivity index (χ4v) is 7.66. The van der Waals surface area contributed by atoms with Crippen molar-refractivity contribution in [1.82, 2.24) is 5.32 Å². The van der Waals surface area contributed by atoms with Gasteiger partial charge >= 0.3 is 0 Å². The normalized spacial score (nSPS) is 13.8. The number of carbonyl (C=O) groups is 1. The van der Waals surface area contributed by atoms with Crippen molar-refractivity contribution in [3.05, 3.63) is 48.6 Å². The van der Waals surface area contributed by atoms with Gasteiger partial charge in [0.2, 0.25) is 5.91 Å². The van der Waals surface area contributed by atoms with Gasteiger partial charge in [0.15, 0.2) is 0 Å². The summed E-state index contributed by atoms with van der Waals surface area (Å²) < 4.78 is 0. The highest BCUT2D eigenvalue weighted by Gasteiger charge is 2.20. The average molecular weight is 814 g/mol. The Morgan fingerprint density at radius 1 is 0.431 bits per heavy atom. The van der Waals surface area contributed by atoms with Crippen molar-refractivity contribution in [2.45, 2.75) is 276 Å². The van der Waals surface area contributed by atoms with Crippen molar-refractivity contribution < 1.29 is 20.1 Å². The molecular formula is C53H99NO4. The van der Waals surface area contributed by atoms with Gasteiger partial charge in [-0.05, 0) is 70.6 Å². The molecule has 5 heteroatoms. The molecule has 0 aliphatic rings. The highest BCUT2D eigenvalue weighted by molar-refractivity contribution is 5.76. The first-order chi connectivity index (χ1) is 28.5. The number of unbranched alkanes of at least 4 members (excludes halogenated alkanes) is 31. The molecule has 0 saturated carbocycles. The minimum Gasteiger partial charge on any atom is -0.394 e. The standard InChI is InChI=1S/C53H99NO4/c1-3-5-7-9-11-13-15-17-19-21-22-23-24-25-26-27-28-29-31-32-34-36-38-40-42-44-46-50(56)48-53(58)54-51(49-55)52(57)47-45-43-41-39-37-35-33-30-20-18-16-14-12-10-8-6-4-2/h20,25-26,30,37,39,45,47,50-52,55-57H,3-19,21-24,27-29,31-36,38,40-44,46,48-49H2,1-2H3,(H,54,58)/b26-25-,30-20+,39-37+,47-45+. The smallest absolute Gasteiger partial charge is 0.222 e. The number of aliphatic hydroxyl groups excluding tert-OH is 3. The van der Waals surface area contributed by atoms with E-state index in [2.05, 4.69) is 55.6 Å². The summed E-state index contributed by atoms with van der Waals surface area (Å²) in [5.74, 6) is -0.329. The Bertz CT molecular complexity index is 943. The molecule has 5 nitrogen and oxygen atoms in total. The van der Waals surface area contributed by atoms with Crippen molar-refractivity contribution in [3.63, 3.8) is 0 Å². The first kappa shape index (κ1) is 56.3. The van der Waals surface area contributed by atoms with Gasteiger partial charge in [-0.3, -0.25) is 4.79 Å². The van der Waals surface area contributed by atoms with Gasteiger partial charge in [-0.15, -0.1) is 0 Å². The third-order valence-corrected chi connectivity index (χ3v) is 11.6. The highest BCUT2D eigenvalue weighted by Crippen LogP contribution is 2.16.